The van der Waals surface area contributed by atoms with Crippen molar-refractivity contribution in [3.05, 3.63) is 28.5 Å². The van der Waals surface area contributed by atoms with E-state index in [1.54, 1.807) is 12.1 Å². The minimum Gasteiger partial charge on any atom is -0.409 e. The van der Waals surface area contributed by atoms with Crippen LogP contribution in [-0.4, -0.2) is 17.1 Å². The van der Waals surface area contributed by atoms with Gasteiger partial charge in [0.05, 0.1) is 5.69 Å². The third-order valence-corrected chi connectivity index (χ3v) is 2.47. The molecule has 1 unspecified atom stereocenters. The Bertz CT molecular complexity index is 398. The van der Waals surface area contributed by atoms with Gasteiger partial charge in [-0.2, -0.15) is 0 Å². The number of nitrogens with zero attached hydrogens (tertiary/aromatic N) is 1. The fraction of sp³-hybridized carbons (Fsp3) is 0.300. The molecule has 0 fully saturated rings. The second-order valence-electron chi connectivity index (χ2n) is 3.47. The first kappa shape index (κ1) is 12.8. The number of hydrogen-bond donors (Lipinski definition) is 3. The first-order chi connectivity index (χ1) is 7.52. The van der Waals surface area contributed by atoms with E-state index in [4.69, 9.17) is 10.9 Å². The molecule has 1 aromatic rings. The highest BCUT2D eigenvalue weighted by Crippen LogP contribution is 2.20. The van der Waals surface area contributed by atoms with Gasteiger partial charge in [0.25, 0.3) is 0 Å². The van der Waals surface area contributed by atoms with E-state index in [9.17, 15) is 4.39 Å². The van der Waals surface area contributed by atoms with Crippen molar-refractivity contribution in [3.8, 4) is 0 Å². The van der Waals surface area contributed by atoms with Crippen molar-refractivity contribution in [2.24, 2.45) is 10.9 Å². The monoisotopic (exact) mass is 289 g/mol. The van der Waals surface area contributed by atoms with Gasteiger partial charge in [-0.15, -0.1) is 0 Å². The Balaban J connectivity index is 2.66. The van der Waals surface area contributed by atoms with Crippen LogP contribution in [0.15, 0.2) is 27.8 Å². The standard InChI is InChI=1S/C10H13BrFN3O/c1-6(4-10(13)15-16)14-9-3-2-7(11)5-8(9)12/h2-3,5-6,14,16H,4H2,1H3,(H2,13,15). The Kier molecular flexibility index (Phi) is 4.54. The van der Waals surface area contributed by atoms with Gasteiger partial charge in [-0.25, -0.2) is 4.39 Å². The third-order valence-electron chi connectivity index (χ3n) is 1.98. The molecule has 4 nitrogen and oxygen atoms in total. The van der Waals surface area contributed by atoms with E-state index in [2.05, 4.69) is 26.4 Å². The Morgan fingerprint density at radius 2 is 2.38 bits per heavy atom. The molecule has 0 saturated heterocycles. The van der Waals surface area contributed by atoms with E-state index in [-0.39, 0.29) is 17.7 Å². The van der Waals surface area contributed by atoms with Crippen LogP contribution in [-0.2, 0) is 0 Å². The molecule has 16 heavy (non-hydrogen) atoms. The van der Waals surface area contributed by atoms with Gasteiger partial charge in [-0.05, 0) is 25.1 Å². The van der Waals surface area contributed by atoms with Gasteiger partial charge in [-0.3, -0.25) is 0 Å². The Morgan fingerprint density at radius 1 is 1.69 bits per heavy atom. The van der Waals surface area contributed by atoms with E-state index in [1.165, 1.54) is 6.07 Å². The van der Waals surface area contributed by atoms with Gasteiger partial charge < -0.3 is 16.3 Å². The lowest BCUT2D eigenvalue weighted by atomic mass is 10.2. The molecule has 4 N–H and O–H groups in total. The summed E-state index contributed by atoms with van der Waals surface area (Å²) in [5.41, 5.74) is 5.74. The number of hydrogen-bond acceptors (Lipinski definition) is 3. The predicted octanol–water partition coefficient (Wildman–Crippen LogP) is 2.53. The van der Waals surface area contributed by atoms with E-state index >= 15 is 0 Å². The Morgan fingerprint density at radius 3 is 2.94 bits per heavy atom. The second-order valence-corrected chi connectivity index (χ2v) is 4.38. The summed E-state index contributed by atoms with van der Waals surface area (Å²) in [6, 6.07) is 4.62. The van der Waals surface area contributed by atoms with Crippen LogP contribution in [0.3, 0.4) is 0 Å². The summed E-state index contributed by atoms with van der Waals surface area (Å²) in [6.07, 6.45) is 0.339. The Labute approximate surface area is 101 Å². The molecule has 0 aromatic heterocycles. The molecule has 0 spiro atoms. The van der Waals surface area contributed by atoms with E-state index in [0.717, 1.165) is 0 Å². The van der Waals surface area contributed by atoms with Gasteiger partial charge >= 0.3 is 0 Å². The molecule has 0 bridgehead atoms. The number of benzene rings is 1. The van der Waals surface area contributed by atoms with E-state index in [0.29, 0.717) is 16.6 Å². The van der Waals surface area contributed by atoms with Crippen molar-refractivity contribution in [1.29, 1.82) is 0 Å². The summed E-state index contributed by atoms with van der Waals surface area (Å²) in [5, 5.41) is 14.2. The molecular weight excluding hydrogens is 277 g/mol. The average molecular weight is 290 g/mol. The van der Waals surface area contributed by atoms with Crippen LogP contribution in [0, 0.1) is 5.82 Å². The van der Waals surface area contributed by atoms with Crippen molar-refractivity contribution in [3.63, 3.8) is 0 Å². The van der Waals surface area contributed by atoms with E-state index < -0.39 is 0 Å². The van der Waals surface area contributed by atoms with Gasteiger partial charge in [-0.1, -0.05) is 21.1 Å². The molecule has 0 radical (unpaired) electrons. The van der Waals surface area contributed by atoms with Crippen molar-refractivity contribution >= 4 is 27.5 Å². The maximum atomic E-state index is 13.4. The van der Waals surface area contributed by atoms with Crippen LogP contribution < -0.4 is 11.1 Å². The molecule has 1 rings (SSSR count). The molecule has 88 valence electrons. The van der Waals surface area contributed by atoms with Gasteiger partial charge in [0, 0.05) is 16.9 Å². The van der Waals surface area contributed by atoms with Crippen LogP contribution in [0.4, 0.5) is 10.1 Å². The zero-order valence-corrected chi connectivity index (χ0v) is 10.3. The first-order valence-corrected chi connectivity index (χ1v) is 5.50. The van der Waals surface area contributed by atoms with Gasteiger partial charge in [0.2, 0.25) is 0 Å². The number of rotatable bonds is 4. The molecule has 1 atom stereocenters. The predicted molar refractivity (Wildman–Crippen MR) is 65.2 cm³/mol. The lowest BCUT2D eigenvalue weighted by molar-refractivity contribution is 0.316. The summed E-state index contributed by atoms with van der Waals surface area (Å²) < 4.78 is 14.1. The largest absolute Gasteiger partial charge is 0.409 e. The highest BCUT2D eigenvalue weighted by molar-refractivity contribution is 9.10. The lowest BCUT2D eigenvalue weighted by Gasteiger charge is -2.15. The van der Waals surface area contributed by atoms with Crippen LogP contribution in [0.1, 0.15) is 13.3 Å². The first-order valence-electron chi connectivity index (χ1n) is 4.71. The fourth-order valence-electron chi connectivity index (χ4n) is 1.28. The normalized spacial score (nSPS) is 13.6. The smallest absolute Gasteiger partial charge is 0.147 e. The molecule has 0 saturated carbocycles. The van der Waals surface area contributed by atoms with Crippen LogP contribution in [0.2, 0.25) is 0 Å². The number of amidine groups is 1. The van der Waals surface area contributed by atoms with Crippen LogP contribution in [0.25, 0.3) is 0 Å². The number of nitrogens with two attached hydrogens (primary N) is 1. The van der Waals surface area contributed by atoms with Crippen molar-refractivity contribution < 1.29 is 9.60 Å². The zero-order chi connectivity index (χ0) is 12.1. The Hall–Kier alpha value is -1.30. The van der Waals surface area contributed by atoms with Crippen molar-refractivity contribution in [1.82, 2.24) is 0 Å². The number of halogens is 2. The SMILES string of the molecule is CC(CC(N)=NO)Nc1ccc(Br)cc1F. The maximum Gasteiger partial charge on any atom is 0.147 e. The summed E-state index contributed by atoms with van der Waals surface area (Å²) in [6.45, 7) is 1.82. The average Bonchev–Trinajstić information content (AvgIpc) is 2.22. The topological polar surface area (TPSA) is 70.6 Å². The molecule has 0 aliphatic heterocycles. The molecule has 6 heteroatoms. The van der Waals surface area contributed by atoms with E-state index in [1.807, 2.05) is 6.92 Å². The molecule has 0 aliphatic carbocycles. The maximum absolute atomic E-state index is 13.4. The number of anilines is 1. The second kappa shape index (κ2) is 5.69. The third kappa shape index (κ3) is 3.69. The van der Waals surface area contributed by atoms with Crippen molar-refractivity contribution in [2.45, 2.75) is 19.4 Å². The quantitative estimate of drug-likeness (QED) is 0.345. The highest BCUT2D eigenvalue weighted by Gasteiger charge is 2.08. The van der Waals surface area contributed by atoms with Crippen molar-refractivity contribution in [2.75, 3.05) is 5.32 Å². The molecule has 0 amide bonds. The summed E-state index contributed by atoms with van der Waals surface area (Å²) in [7, 11) is 0. The molecule has 1 aromatic carbocycles. The molecular formula is C10H13BrFN3O. The van der Waals surface area contributed by atoms with Crippen LogP contribution >= 0.6 is 15.9 Å². The fourth-order valence-corrected chi connectivity index (χ4v) is 1.61. The molecule has 0 aliphatic rings. The molecule has 0 heterocycles. The number of oxime groups is 1. The summed E-state index contributed by atoms with van der Waals surface area (Å²) in [4.78, 5) is 0. The zero-order valence-electron chi connectivity index (χ0n) is 8.74. The van der Waals surface area contributed by atoms with Crippen LogP contribution in [0.5, 0.6) is 0 Å². The lowest BCUT2D eigenvalue weighted by Crippen LogP contribution is -2.24. The highest BCUT2D eigenvalue weighted by atomic mass is 79.9. The van der Waals surface area contributed by atoms with Gasteiger partial charge in [0.1, 0.15) is 11.7 Å². The summed E-state index contributed by atoms with van der Waals surface area (Å²) in [5.74, 6) is -0.238. The van der Waals surface area contributed by atoms with Gasteiger partial charge in [0.15, 0.2) is 0 Å². The number of nitrogens with one attached hydrogen (secondary N) is 1. The summed E-state index contributed by atoms with van der Waals surface area (Å²) >= 11 is 3.17. The minimum atomic E-state index is -0.347. The minimum absolute atomic E-state index is 0.109.